The van der Waals surface area contributed by atoms with E-state index < -0.39 is 23.9 Å². The predicted octanol–water partition coefficient (Wildman–Crippen LogP) is 1.52. The smallest absolute Gasteiger partial charge is 0.411 e. The van der Waals surface area contributed by atoms with Crippen LogP contribution in [-0.2, 0) is 14.3 Å². The molecule has 0 saturated heterocycles. The Bertz CT molecular complexity index is 557. The van der Waals surface area contributed by atoms with Gasteiger partial charge in [0.05, 0.1) is 18.9 Å². The molecule has 2 amide bonds. The van der Waals surface area contributed by atoms with Gasteiger partial charge in [0.15, 0.2) is 0 Å². The average Bonchev–Trinajstić information content (AvgIpc) is 3.19. The van der Waals surface area contributed by atoms with Crippen LogP contribution in [0.15, 0.2) is 24.3 Å². The van der Waals surface area contributed by atoms with Gasteiger partial charge in [0.2, 0.25) is 5.91 Å². The Morgan fingerprint density at radius 3 is 2.40 bits per heavy atom. The maximum Gasteiger partial charge on any atom is 0.411 e. The molecule has 2 unspecified atom stereocenters. The number of ether oxygens (including phenoxy) is 1. The van der Waals surface area contributed by atoms with Gasteiger partial charge in [0.25, 0.3) is 0 Å². The average molecular weight is 278 g/mol. The van der Waals surface area contributed by atoms with Gasteiger partial charge in [-0.2, -0.15) is 0 Å². The molecule has 1 aliphatic rings. The number of carbonyl (C=O) groups is 3. The van der Waals surface area contributed by atoms with Crippen LogP contribution in [0.25, 0.3) is 0 Å². The van der Waals surface area contributed by atoms with Crippen LogP contribution < -0.4 is 10.6 Å². The van der Waals surface area contributed by atoms with Crippen molar-refractivity contribution in [3.8, 4) is 0 Å². The van der Waals surface area contributed by atoms with E-state index in [2.05, 4.69) is 15.4 Å². The molecule has 0 aliphatic heterocycles. The monoisotopic (exact) mass is 278 g/mol. The molecule has 106 valence electrons. The lowest BCUT2D eigenvalue weighted by molar-refractivity contribution is -0.139. The normalized spacial score (nSPS) is 19.9. The highest BCUT2D eigenvalue weighted by molar-refractivity contribution is 5.98. The van der Waals surface area contributed by atoms with Crippen LogP contribution in [0.5, 0.6) is 0 Å². The lowest BCUT2D eigenvalue weighted by atomic mass is 10.2. The topological polar surface area (TPSA) is 105 Å². The van der Waals surface area contributed by atoms with Crippen molar-refractivity contribution >= 4 is 29.3 Å². The van der Waals surface area contributed by atoms with Crippen LogP contribution in [-0.4, -0.2) is 30.2 Å². The van der Waals surface area contributed by atoms with Crippen molar-refractivity contribution in [3.05, 3.63) is 24.3 Å². The molecule has 1 aliphatic carbocycles. The van der Waals surface area contributed by atoms with E-state index >= 15 is 0 Å². The molecule has 0 spiro atoms. The van der Waals surface area contributed by atoms with Gasteiger partial charge in [-0.3, -0.25) is 14.9 Å². The molecule has 1 saturated carbocycles. The van der Waals surface area contributed by atoms with Crippen molar-refractivity contribution in [1.29, 1.82) is 0 Å². The third-order valence-corrected chi connectivity index (χ3v) is 3.01. The molecule has 2 rings (SSSR count). The Morgan fingerprint density at radius 2 is 1.85 bits per heavy atom. The maximum absolute atomic E-state index is 11.8. The number of benzene rings is 1. The number of carbonyl (C=O) groups excluding carboxylic acids is 2. The Morgan fingerprint density at radius 1 is 1.20 bits per heavy atom. The fourth-order valence-corrected chi connectivity index (χ4v) is 1.84. The number of anilines is 2. The van der Waals surface area contributed by atoms with Crippen molar-refractivity contribution in [2.45, 2.75) is 6.42 Å². The summed E-state index contributed by atoms with van der Waals surface area (Å²) in [5, 5.41) is 13.9. The number of nitrogens with one attached hydrogen (secondary N) is 2. The maximum atomic E-state index is 11.8. The molecule has 2 atom stereocenters. The van der Waals surface area contributed by atoms with Gasteiger partial charge in [-0.05, 0) is 24.6 Å². The van der Waals surface area contributed by atoms with E-state index in [-0.39, 0.29) is 5.91 Å². The molecule has 0 heterocycles. The molecule has 1 aromatic rings. The molecule has 7 heteroatoms. The van der Waals surface area contributed by atoms with Crippen molar-refractivity contribution in [2.24, 2.45) is 11.8 Å². The van der Waals surface area contributed by atoms with Crippen molar-refractivity contribution < 1.29 is 24.2 Å². The minimum Gasteiger partial charge on any atom is -0.481 e. The number of hydrogen-bond acceptors (Lipinski definition) is 4. The van der Waals surface area contributed by atoms with Gasteiger partial charge in [-0.25, -0.2) is 4.79 Å². The molecule has 0 bridgehead atoms. The van der Waals surface area contributed by atoms with Crippen LogP contribution >= 0.6 is 0 Å². The summed E-state index contributed by atoms with van der Waals surface area (Å²) in [6.07, 6.45) is -0.247. The summed E-state index contributed by atoms with van der Waals surface area (Å²) in [6, 6.07) is 6.51. The minimum atomic E-state index is -0.953. The molecule has 3 N–H and O–H groups in total. The molecular formula is C13H14N2O5. The minimum absolute atomic E-state index is 0.326. The number of carboxylic acid groups (broad SMARTS) is 1. The highest BCUT2D eigenvalue weighted by atomic mass is 16.5. The fraction of sp³-hybridized carbons (Fsp3) is 0.308. The standard InChI is InChI=1S/C13H14N2O5/c1-20-13(19)15-8-4-2-3-7(5-8)14-11(16)9-6-10(9)12(17)18/h2-5,9-10H,6H2,1H3,(H,14,16)(H,15,19)(H,17,18). The zero-order valence-electron chi connectivity index (χ0n) is 10.8. The molecule has 7 nitrogen and oxygen atoms in total. The second-order valence-corrected chi connectivity index (χ2v) is 4.47. The summed E-state index contributed by atoms with van der Waals surface area (Å²) < 4.78 is 4.46. The first kappa shape index (κ1) is 13.9. The highest BCUT2D eigenvalue weighted by Crippen LogP contribution is 2.39. The third-order valence-electron chi connectivity index (χ3n) is 3.01. The Labute approximate surface area is 114 Å². The van der Waals surface area contributed by atoms with Crippen molar-refractivity contribution in [1.82, 2.24) is 0 Å². The van der Waals surface area contributed by atoms with Gasteiger partial charge in [-0.1, -0.05) is 6.07 Å². The first-order valence-corrected chi connectivity index (χ1v) is 6.00. The lowest BCUT2D eigenvalue weighted by Crippen LogP contribution is -2.17. The van der Waals surface area contributed by atoms with E-state index in [4.69, 9.17) is 5.11 Å². The molecule has 1 fully saturated rings. The zero-order chi connectivity index (χ0) is 14.7. The number of amides is 2. The molecular weight excluding hydrogens is 264 g/mol. The first-order chi connectivity index (χ1) is 9.51. The summed E-state index contributed by atoms with van der Waals surface area (Å²) in [7, 11) is 1.25. The van der Waals surface area contributed by atoms with Crippen LogP contribution in [0.4, 0.5) is 16.2 Å². The van der Waals surface area contributed by atoms with Crippen molar-refractivity contribution in [3.63, 3.8) is 0 Å². The van der Waals surface area contributed by atoms with E-state index in [1.54, 1.807) is 24.3 Å². The van der Waals surface area contributed by atoms with Gasteiger partial charge in [0.1, 0.15) is 0 Å². The van der Waals surface area contributed by atoms with E-state index in [1.807, 2.05) is 0 Å². The van der Waals surface area contributed by atoms with E-state index in [0.717, 1.165) is 0 Å². The molecule has 0 radical (unpaired) electrons. The fourth-order valence-electron chi connectivity index (χ4n) is 1.84. The number of hydrogen-bond donors (Lipinski definition) is 3. The van der Waals surface area contributed by atoms with E-state index in [0.29, 0.717) is 17.8 Å². The number of rotatable bonds is 4. The molecule has 20 heavy (non-hydrogen) atoms. The largest absolute Gasteiger partial charge is 0.481 e. The SMILES string of the molecule is COC(=O)Nc1cccc(NC(=O)C2CC2C(=O)O)c1. The lowest BCUT2D eigenvalue weighted by Gasteiger charge is -2.07. The Balaban J connectivity index is 1.96. The van der Waals surface area contributed by atoms with E-state index in [9.17, 15) is 14.4 Å². The second-order valence-electron chi connectivity index (χ2n) is 4.47. The predicted molar refractivity (Wildman–Crippen MR) is 70.3 cm³/mol. The van der Waals surface area contributed by atoms with Gasteiger partial charge >= 0.3 is 12.1 Å². The van der Waals surface area contributed by atoms with Crippen LogP contribution in [0.1, 0.15) is 6.42 Å². The zero-order valence-corrected chi connectivity index (χ0v) is 10.8. The summed E-state index contributed by atoms with van der Waals surface area (Å²) in [4.78, 5) is 33.6. The summed E-state index contributed by atoms with van der Waals surface area (Å²) >= 11 is 0. The van der Waals surface area contributed by atoms with Gasteiger partial charge in [-0.15, -0.1) is 0 Å². The number of carboxylic acids is 1. The third kappa shape index (κ3) is 3.25. The molecule has 0 aromatic heterocycles. The van der Waals surface area contributed by atoms with Crippen LogP contribution in [0, 0.1) is 11.8 Å². The summed E-state index contributed by atoms with van der Waals surface area (Å²) in [5.74, 6) is -2.35. The quantitative estimate of drug-likeness (QED) is 0.774. The number of aliphatic carboxylic acids is 1. The molecule has 1 aromatic carbocycles. The van der Waals surface area contributed by atoms with Gasteiger partial charge in [0, 0.05) is 11.4 Å². The van der Waals surface area contributed by atoms with Crippen LogP contribution in [0.3, 0.4) is 0 Å². The van der Waals surface area contributed by atoms with Crippen LogP contribution in [0.2, 0.25) is 0 Å². The summed E-state index contributed by atoms with van der Waals surface area (Å²) in [5.41, 5.74) is 0.958. The van der Waals surface area contributed by atoms with Crippen molar-refractivity contribution in [2.75, 3.05) is 17.7 Å². The Kier molecular flexibility index (Phi) is 3.88. The van der Waals surface area contributed by atoms with E-state index in [1.165, 1.54) is 7.11 Å². The Hall–Kier alpha value is -2.57. The second kappa shape index (κ2) is 5.60. The first-order valence-electron chi connectivity index (χ1n) is 6.00. The highest BCUT2D eigenvalue weighted by Gasteiger charge is 2.48. The summed E-state index contributed by atoms with van der Waals surface area (Å²) in [6.45, 7) is 0. The number of methoxy groups -OCH3 is 1. The van der Waals surface area contributed by atoms with Gasteiger partial charge < -0.3 is 15.2 Å².